The highest BCUT2D eigenvalue weighted by Gasteiger charge is 2.73. The third kappa shape index (κ3) is 3.22. The first kappa shape index (κ1) is 23.6. The second-order valence-corrected chi connectivity index (χ2v) is 8.99. The maximum atomic E-state index is 14.1. The third-order valence-corrected chi connectivity index (χ3v) is 7.21. The molecule has 1 saturated heterocycles. The monoisotopic (exact) mass is 491 g/mol. The molecule has 1 aliphatic carbocycles. The fourth-order valence-corrected chi connectivity index (χ4v) is 5.21. The Hall–Kier alpha value is -4.14. The maximum Gasteiger partial charge on any atom is 0.334 e. The van der Waals surface area contributed by atoms with Crippen LogP contribution in [0.1, 0.15) is 41.6 Å². The van der Waals surface area contributed by atoms with Crippen LogP contribution in [0.3, 0.4) is 0 Å². The highest BCUT2D eigenvalue weighted by molar-refractivity contribution is 6.35. The Morgan fingerprint density at radius 2 is 1.50 bits per heavy atom. The molecule has 5 rings (SSSR count). The van der Waals surface area contributed by atoms with Gasteiger partial charge < -0.3 is 23.8 Å². The predicted molar refractivity (Wildman–Crippen MR) is 126 cm³/mol. The summed E-state index contributed by atoms with van der Waals surface area (Å²) in [6.45, 7) is 0. The lowest BCUT2D eigenvalue weighted by Crippen LogP contribution is -2.58. The molecular formula is C27H25NO8. The van der Waals surface area contributed by atoms with Crippen molar-refractivity contribution in [2.75, 3.05) is 21.3 Å². The minimum atomic E-state index is -1.99. The highest BCUT2D eigenvalue weighted by atomic mass is 16.6. The molecule has 9 heteroatoms. The summed E-state index contributed by atoms with van der Waals surface area (Å²) < 4.78 is 21.1. The van der Waals surface area contributed by atoms with Gasteiger partial charge in [-0.1, -0.05) is 0 Å². The van der Waals surface area contributed by atoms with Crippen LogP contribution in [0.25, 0.3) is 5.70 Å². The van der Waals surface area contributed by atoms with Gasteiger partial charge >= 0.3 is 11.9 Å². The Bertz CT molecular complexity index is 1290. The molecule has 186 valence electrons. The number of esters is 2. The van der Waals surface area contributed by atoms with E-state index < -0.39 is 41.2 Å². The number of carbonyl (C=O) groups excluding carboxylic acids is 4. The number of rotatable bonds is 7. The summed E-state index contributed by atoms with van der Waals surface area (Å²) in [5.74, 6) is -1.45. The fraction of sp³-hybridized carbons (Fsp3) is 0.333. The van der Waals surface area contributed by atoms with Crippen LogP contribution in [0.4, 0.5) is 0 Å². The zero-order valence-electron chi connectivity index (χ0n) is 20.2. The molecule has 1 unspecified atom stereocenters. The van der Waals surface area contributed by atoms with E-state index in [0.29, 0.717) is 29.9 Å². The van der Waals surface area contributed by atoms with Crippen molar-refractivity contribution >= 4 is 29.2 Å². The first-order chi connectivity index (χ1) is 17.3. The summed E-state index contributed by atoms with van der Waals surface area (Å²) in [4.78, 5) is 55.3. The van der Waals surface area contributed by atoms with E-state index >= 15 is 0 Å². The smallest absolute Gasteiger partial charge is 0.334 e. The number of carbonyl (C=O) groups is 4. The number of nitrogens with zero attached hydrogens (tertiary/aromatic N) is 1. The fourth-order valence-electron chi connectivity index (χ4n) is 5.21. The number of Topliss-reactive ketones (excluding diaryl/α,β-unsaturated/α-hetero) is 2. The number of ketones is 2. The van der Waals surface area contributed by atoms with E-state index in [2.05, 4.69) is 0 Å². The molecule has 0 aromatic heterocycles. The minimum absolute atomic E-state index is 0.145. The van der Waals surface area contributed by atoms with Gasteiger partial charge in [-0.05, 0) is 73.4 Å². The van der Waals surface area contributed by atoms with Crippen molar-refractivity contribution in [3.05, 3.63) is 65.2 Å². The van der Waals surface area contributed by atoms with Crippen LogP contribution in [0.15, 0.2) is 54.1 Å². The number of ether oxygens (including phenoxy) is 4. The SMILES string of the molecule is COC(=O)CC12OC(=O)C3(CCC3)N1C(c1ccc(OC)cc1)=C(C(=O)c1ccc(OC)cc1)C2=O. The van der Waals surface area contributed by atoms with Crippen molar-refractivity contribution < 1.29 is 38.1 Å². The Morgan fingerprint density at radius 1 is 0.917 bits per heavy atom. The van der Waals surface area contributed by atoms with Gasteiger partial charge in [-0.15, -0.1) is 0 Å². The van der Waals surface area contributed by atoms with E-state index in [1.54, 1.807) is 53.4 Å². The molecule has 2 aromatic carbocycles. The molecule has 2 aromatic rings. The van der Waals surface area contributed by atoms with Gasteiger partial charge in [0.1, 0.15) is 23.5 Å². The zero-order valence-corrected chi connectivity index (χ0v) is 20.2. The Balaban J connectivity index is 1.74. The first-order valence-electron chi connectivity index (χ1n) is 11.5. The van der Waals surface area contributed by atoms with Crippen LogP contribution < -0.4 is 9.47 Å². The first-order valence-corrected chi connectivity index (χ1v) is 11.5. The predicted octanol–water partition coefficient (Wildman–Crippen LogP) is 2.92. The van der Waals surface area contributed by atoms with Gasteiger partial charge in [-0.2, -0.15) is 0 Å². The van der Waals surface area contributed by atoms with E-state index in [4.69, 9.17) is 18.9 Å². The molecule has 0 bridgehead atoms. The van der Waals surface area contributed by atoms with Crippen LogP contribution in [0, 0.1) is 0 Å². The van der Waals surface area contributed by atoms with Gasteiger partial charge in [0, 0.05) is 5.56 Å². The molecule has 1 spiro atoms. The summed E-state index contributed by atoms with van der Waals surface area (Å²) in [6, 6.07) is 13.2. The zero-order chi connectivity index (χ0) is 25.7. The second kappa shape index (κ2) is 8.51. The van der Waals surface area contributed by atoms with Crippen molar-refractivity contribution in [3.63, 3.8) is 0 Å². The molecule has 9 nitrogen and oxygen atoms in total. The molecule has 3 aliphatic rings. The van der Waals surface area contributed by atoms with Crippen LogP contribution >= 0.6 is 0 Å². The second-order valence-electron chi connectivity index (χ2n) is 8.99. The summed E-state index contributed by atoms with van der Waals surface area (Å²) in [5.41, 5.74) is -2.23. The van der Waals surface area contributed by atoms with E-state index in [1.165, 1.54) is 21.3 Å². The van der Waals surface area contributed by atoms with Crippen molar-refractivity contribution in [1.82, 2.24) is 4.90 Å². The van der Waals surface area contributed by atoms with Gasteiger partial charge in [0.05, 0.1) is 32.6 Å². The molecule has 36 heavy (non-hydrogen) atoms. The van der Waals surface area contributed by atoms with Gasteiger partial charge in [-0.3, -0.25) is 14.4 Å². The van der Waals surface area contributed by atoms with Crippen molar-refractivity contribution in [2.45, 2.75) is 36.9 Å². The molecule has 2 aliphatic heterocycles. The quantitative estimate of drug-likeness (QED) is 0.328. The molecule has 2 heterocycles. The number of hydrogen-bond donors (Lipinski definition) is 0. The normalized spacial score (nSPS) is 21.7. The van der Waals surface area contributed by atoms with Crippen LogP contribution in [0.2, 0.25) is 0 Å². The lowest BCUT2D eigenvalue weighted by atomic mass is 9.75. The van der Waals surface area contributed by atoms with Gasteiger partial charge in [0.25, 0.3) is 5.72 Å². The van der Waals surface area contributed by atoms with Crippen molar-refractivity contribution in [1.29, 1.82) is 0 Å². The third-order valence-electron chi connectivity index (χ3n) is 7.21. The van der Waals surface area contributed by atoms with E-state index in [-0.39, 0.29) is 16.8 Å². The van der Waals surface area contributed by atoms with Crippen molar-refractivity contribution in [3.8, 4) is 11.5 Å². The van der Waals surface area contributed by atoms with Gasteiger partial charge in [0.15, 0.2) is 5.78 Å². The summed E-state index contributed by atoms with van der Waals surface area (Å²) in [5, 5.41) is 0. The van der Waals surface area contributed by atoms with Gasteiger partial charge in [-0.25, -0.2) is 4.79 Å². The number of hydrogen-bond acceptors (Lipinski definition) is 9. The summed E-state index contributed by atoms with van der Waals surface area (Å²) in [6.07, 6.45) is 1.08. The number of benzene rings is 2. The highest BCUT2D eigenvalue weighted by Crippen LogP contribution is 2.58. The molecule has 0 amide bonds. The molecule has 1 saturated carbocycles. The van der Waals surface area contributed by atoms with Crippen LogP contribution in [-0.4, -0.2) is 61.0 Å². The molecule has 2 fully saturated rings. The Kier molecular flexibility index (Phi) is 5.58. The summed E-state index contributed by atoms with van der Waals surface area (Å²) in [7, 11) is 4.24. The van der Waals surface area contributed by atoms with E-state index in [0.717, 1.165) is 6.42 Å². The standard InChI is InChI=1S/C27H25NO8/c1-33-18-9-5-16(6-10-18)22-21(23(30)17-7-11-19(34-2)12-8-17)24(31)27(15-20(29)35-3)28(22)26(13-4-14-26)25(32)36-27/h5-12H,4,13-15H2,1-3H3. The largest absolute Gasteiger partial charge is 0.497 e. The van der Waals surface area contributed by atoms with Crippen molar-refractivity contribution in [2.24, 2.45) is 0 Å². The molecule has 0 radical (unpaired) electrons. The van der Waals surface area contributed by atoms with Crippen LogP contribution in [0.5, 0.6) is 11.5 Å². The Morgan fingerprint density at radius 3 is 2.00 bits per heavy atom. The van der Waals surface area contributed by atoms with Crippen LogP contribution in [-0.2, 0) is 23.9 Å². The number of methoxy groups -OCH3 is 3. The average Bonchev–Trinajstić information content (AvgIpc) is 3.28. The Labute approximate surface area is 207 Å². The molecular weight excluding hydrogens is 466 g/mol. The topological polar surface area (TPSA) is 108 Å². The molecule has 1 atom stereocenters. The average molecular weight is 491 g/mol. The minimum Gasteiger partial charge on any atom is -0.497 e. The maximum absolute atomic E-state index is 14.1. The lowest BCUT2D eigenvalue weighted by Gasteiger charge is -2.45. The van der Waals surface area contributed by atoms with E-state index in [1.807, 2.05) is 0 Å². The summed E-state index contributed by atoms with van der Waals surface area (Å²) >= 11 is 0. The van der Waals surface area contributed by atoms with Gasteiger partial charge in [0.2, 0.25) is 5.78 Å². The number of fused-ring (bicyclic) bond motifs is 2. The lowest BCUT2D eigenvalue weighted by molar-refractivity contribution is -0.167. The molecule has 0 N–H and O–H groups in total. The van der Waals surface area contributed by atoms with E-state index in [9.17, 15) is 19.2 Å².